The van der Waals surface area contributed by atoms with Gasteiger partial charge in [-0.25, -0.2) is 0 Å². The predicted octanol–water partition coefficient (Wildman–Crippen LogP) is 2.04. The molecule has 0 atom stereocenters. The molecule has 0 heterocycles. The molecule has 0 aromatic heterocycles. The number of hydrogen-bond acceptors (Lipinski definition) is 2. The molecule has 0 saturated heterocycles. The lowest BCUT2D eigenvalue weighted by atomic mass is 10.2. The normalized spacial score (nSPS) is 13.1. The Balaban J connectivity index is 0. The zero-order valence-corrected chi connectivity index (χ0v) is 7.80. The molecule has 16 heavy (non-hydrogen) atoms. The highest BCUT2D eigenvalue weighted by Crippen LogP contribution is 2.37. The van der Waals surface area contributed by atoms with Crippen molar-refractivity contribution in [3.05, 3.63) is 0 Å². The van der Waals surface area contributed by atoms with E-state index in [-0.39, 0.29) is 0 Å². The van der Waals surface area contributed by atoms with Gasteiger partial charge in [-0.1, -0.05) is 0 Å². The van der Waals surface area contributed by atoms with Gasteiger partial charge in [0.2, 0.25) is 0 Å². The minimum atomic E-state index is -5.47. The van der Waals surface area contributed by atoms with E-state index >= 15 is 0 Å². The van der Waals surface area contributed by atoms with Crippen LogP contribution < -0.4 is 11.5 Å². The van der Waals surface area contributed by atoms with Crippen molar-refractivity contribution in [3.63, 3.8) is 0 Å². The van der Waals surface area contributed by atoms with Crippen LogP contribution in [0.4, 0.5) is 35.1 Å². The molecule has 4 N–H and O–H groups in total. The zero-order chi connectivity index (χ0) is 13.6. The highest BCUT2D eigenvalue weighted by molar-refractivity contribution is 4.75. The monoisotopic (exact) mass is 262 g/mol. The minimum absolute atomic E-state index is 0.674. The van der Waals surface area contributed by atoms with Crippen molar-refractivity contribution in [2.45, 2.75) is 24.7 Å². The maximum atomic E-state index is 11.7. The van der Waals surface area contributed by atoms with Crippen molar-refractivity contribution in [1.82, 2.24) is 0 Å². The van der Waals surface area contributed by atoms with Crippen LogP contribution in [-0.2, 0) is 0 Å². The van der Waals surface area contributed by atoms with Crippen molar-refractivity contribution in [1.29, 1.82) is 0 Å². The second-order valence-corrected chi connectivity index (χ2v) is 2.56. The van der Waals surface area contributed by atoms with Crippen LogP contribution in [0.15, 0.2) is 0 Å². The fourth-order valence-corrected chi connectivity index (χ4v) is 0.323. The first-order chi connectivity index (χ1) is 6.87. The second kappa shape index (κ2) is 6.18. The molecule has 0 aromatic carbocycles. The molecule has 0 fully saturated rings. The van der Waals surface area contributed by atoms with Gasteiger partial charge in [0, 0.05) is 6.42 Å². The Morgan fingerprint density at radius 1 is 0.750 bits per heavy atom. The van der Waals surface area contributed by atoms with E-state index in [1.807, 2.05) is 0 Å². The number of hydrogen-bond donors (Lipinski definition) is 2. The lowest BCUT2D eigenvalue weighted by molar-refractivity contribution is -0.283. The Hall–Kier alpha value is -0.640. The van der Waals surface area contributed by atoms with E-state index in [9.17, 15) is 35.1 Å². The minimum Gasteiger partial charge on any atom is -0.330 e. The van der Waals surface area contributed by atoms with Crippen molar-refractivity contribution < 1.29 is 35.1 Å². The molecule has 0 amide bonds. The van der Waals surface area contributed by atoms with Gasteiger partial charge in [-0.2, -0.15) is 35.1 Å². The fourth-order valence-electron chi connectivity index (χ4n) is 0.323. The Morgan fingerprint density at radius 2 is 1.06 bits per heavy atom. The van der Waals surface area contributed by atoms with Gasteiger partial charge in [0.25, 0.3) is 0 Å². The van der Waals surface area contributed by atoms with Gasteiger partial charge < -0.3 is 11.5 Å². The van der Waals surface area contributed by atoms with E-state index in [2.05, 4.69) is 11.5 Å². The summed E-state index contributed by atoms with van der Waals surface area (Å²) < 4.78 is 89.1. The van der Waals surface area contributed by atoms with Crippen molar-refractivity contribution in [2.75, 3.05) is 13.1 Å². The SMILES string of the molecule is NCC(F)(F)F.NCCC(F)(F)C(F)(F)F. The molecule has 0 rings (SSSR count). The third-order valence-electron chi connectivity index (χ3n) is 1.10. The summed E-state index contributed by atoms with van der Waals surface area (Å²) in [6.07, 6.45) is -11.0. The number of nitrogens with two attached hydrogens (primary N) is 2. The standard InChI is InChI=1S/C4H6F5N.C2H4F3N/c5-3(6,1-2-10)4(7,8)9;3-2(4,5)1-6/h1-2,10H2;1,6H2. The van der Waals surface area contributed by atoms with Gasteiger partial charge in [-0.05, 0) is 6.54 Å². The first-order valence-electron chi connectivity index (χ1n) is 3.79. The Kier molecular flexibility index (Phi) is 6.86. The Morgan fingerprint density at radius 3 is 1.12 bits per heavy atom. The quantitative estimate of drug-likeness (QED) is 0.748. The molecule has 0 radical (unpaired) electrons. The summed E-state index contributed by atoms with van der Waals surface area (Å²) in [7, 11) is 0. The lowest BCUT2D eigenvalue weighted by Gasteiger charge is -2.17. The fraction of sp³-hybridized carbons (Fsp3) is 1.00. The summed E-state index contributed by atoms with van der Waals surface area (Å²) in [5, 5.41) is 0. The molecule has 0 aliphatic carbocycles. The summed E-state index contributed by atoms with van der Waals surface area (Å²) in [4.78, 5) is 0. The molecule has 0 spiro atoms. The summed E-state index contributed by atoms with van der Waals surface area (Å²) in [5.74, 6) is -4.64. The van der Waals surface area contributed by atoms with E-state index in [0.29, 0.717) is 0 Å². The van der Waals surface area contributed by atoms with Crippen LogP contribution in [0.3, 0.4) is 0 Å². The largest absolute Gasteiger partial charge is 0.453 e. The average molecular weight is 262 g/mol. The Labute approximate surface area is 85.6 Å². The summed E-state index contributed by atoms with van der Waals surface area (Å²) in [5.41, 5.74) is 8.71. The van der Waals surface area contributed by atoms with Crippen molar-refractivity contribution >= 4 is 0 Å². The van der Waals surface area contributed by atoms with E-state index < -0.39 is 37.8 Å². The van der Waals surface area contributed by atoms with Crippen LogP contribution in [0.2, 0.25) is 0 Å². The van der Waals surface area contributed by atoms with Crippen molar-refractivity contribution in [3.8, 4) is 0 Å². The average Bonchev–Trinajstić information content (AvgIpc) is 2.02. The molecular formula is C6H10F8N2. The van der Waals surface area contributed by atoms with Gasteiger partial charge in [-0.15, -0.1) is 0 Å². The maximum absolute atomic E-state index is 11.7. The number of halogens is 8. The van der Waals surface area contributed by atoms with Crippen LogP contribution in [0.25, 0.3) is 0 Å². The van der Waals surface area contributed by atoms with E-state index in [1.54, 1.807) is 0 Å². The van der Waals surface area contributed by atoms with E-state index in [0.717, 1.165) is 0 Å². The maximum Gasteiger partial charge on any atom is 0.453 e. The zero-order valence-electron chi connectivity index (χ0n) is 7.80. The summed E-state index contributed by atoms with van der Waals surface area (Å²) >= 11 is 0. The first-order valence-corrected chi connectivity index (χ1v) is 3.79. The van der Waals surface area contributed by atoms with Gasteiger partial charge in [-0.3, -0.25) is 0 Å². The molecular weight excluding hydrogens is 252 g/mol. The number of alkyl halides is 8. The van der Waals surface area contributed by atoms with Gasteiger partial charge in [0.1, 0.15) is 0 Å². The molecule has 0 saturated carbocycles. The predicted molar refractivity (Wildman–Crippen MR) is 39.8 cm³/mol. The van der Waals surface area contributed by atoms with Crippen molar-refractivity contribution in [2.24, 2.45) is 11.5 Å². The molecule has 0 aromatic rings. The molecule has 2 nitrogen and oxygen atoms in total. The number of rotatable bonds is 2. The van der Waals surface area contributed by atoms with Crippen LogP contribution >= 0.6 is 0 Å². The van der Waals surface area contributed by atoms with Crippen LogP contribution in [0.5, 0.6) is 0 Å². The van der Waals surface area contributed by atoms with Gasteiger partial charge in [0.05, 0.1) is 6.54 Å². The highest BCUT2D eigenvalue weighted by atomic mass is 19.4. The topological polar surface area (TPSA) is 52.0 Å². The third kappa shape index (κ3) is 8.65. The third-order valence-corrected chi connectivity index (χ3v) is 1.10. The lowest BCUT2D eigenvalue weighted by Crippen LogP contribution is -2.38. The molecule has 10 heteroatoms. The molecule has 100 valence electrons. The second-order valence-electron chi connectivity index (χ2n) is 2.56. The van der Waals surface area contributed by atoms with E-state index in [4.69, 9.17) is 0 Å². The first kappa shape index (κ1) is 17.7. The van der Waals surface area contributed by atoms with Gasteiger partial charge >= 0.3 is 18.3 Å². The highest BCUT2D eigenvalue weighted by Gasteiger charge is 2.56. The van der Waals surface area contributed by atoms with Crippen LogP contribution in [0, 0.1) is 0 Å². The molecule has 0 aliphatic rings. The van der Waals surface area contributed by atoms with Crippen LogP contribution in [0.1, 0.15) is 6.42 Å². The van der Waals surface area contributed by atoms with Gasteiger partial charge in [0.15, 0.2) is 0 Å². The smallest absolute Gasteiger partial charge is 0.330 e. The molecule has 0 bridgehead atoms. The molecule has 0 unspecified atom stereocenters. The Bertz CT molecular complexity index is 184. The summed E-state index contributed by atoms with van der Waals surface area (Å²) in [6, 6.07) is 0. The summed E-state index contributed by atoms with van der Waals surface area (Å²) in [6.45, 7) is -1.90. The van der Waals surface area contributed by atoms with E-state index in [1.165, 1.54) is 0 Å². The molecule has 0 aliphatic heterocycles. The van der Waals surface area contributed by atoms with Crippen LogP contribution in [-0.4, -0.2) is 31.4 Å².